The molecule has 0 aliphatic heterocycles. The third-order valence-electron chi connectivity index (χ3n) is 3.39. The normalized spacial score (nSPS) is 15.2. The van der Waals surface area contributed by atoms with Crippen LogP contribution in [0.15, 0.2) is 18.2 Å². The van der Waals surface area contributed by atoms with Gasteiger partial charge in [-0.3, -0.25) is 9.59 Å². The molecule has 1 aromatic rings. The van der Waals surface area contributed by atoms with Gasteiger partial charge in [-0.05, 0) is 31.0 Å². The molecule has 0 saturated heterocycles. The standard InChI is InChI=1S/C14H11F6NO3/c15-13(16,17)8-3-7(4-9(5-8)14(18,19)20)12(24)21(6-11(22)23)10-1-2-10/h3-5,10H,1-2,6H2,(H,22,23). The average molecular weight is 355 g/mol. The average Bonchev–Trinajstić information content (AvgIpc) is 3.26. The van der Waals surface area contributed by atoms with E-state index in [1.165, 1.54) is 0 Å². The first-order valence-corrected chi connectivity index (χ1v) is 6.72. The number of nitrogens with zero attached hydrogens (tertiary/aromatic N) is 1. The second-order valence-electron chi connectivity index (χ2n) is 5.35. The van der Waals surface area contributed by atoms with Crippen molar-refractivity contribution in [2.75, 3.05) is 6.54 Å². The highest BCUT2D eigenvalue weighted by Gasteiger charge is 2.39. The number of alkyl halides is 6. The molecule has 1 aliphatic rings. The molecule has 10 heteroatoms. The second kappa shape index (κ2) is 5.99. The van der Waals surface area contributed by atoms with E-state index >= 15 is 0 Å². The van der Waals surface area contributed by atoms with E-state index in [2.05, 4.69) is 0 Å². The smallest absolute Gasteiger partial charge is 0.416 e. The lowest BCUT2D eigenvalue weighted by molar-refractivity contribution is -0.143. The van der Waals surface area contributed by atoms with Crippen LogP contribution in [0.3, 0.4) is 0 Å². The largest absolute Gasteiger partial charge is 0.480 e. The summed E-state index contributed by atoms with van der Waals surface area (Å²) in [6.45, 7) is -0.791. The third-order valence-corrected chi connectivity index (χ3v) is 3.39. The molecule has 2 rings (SSSR count). The molecule has 0 aromatic heterocycles. The molecule has 0 atom stereocenters. The number of amides is 1. The van der Waals surface area contributed by atoms with Crippen LogP contribution in [0.2, 0.25) is 0 Å². The number of aliphatic carboxylic acids is 1. The van der Waals surface area contributed by atoms with Crippen LogP contribution in [-0.2, 0) is 17.1 Å². The number of carboxylic acid groups (broad SMARTS) is 1. The number of carbonyl (C=O) groups excluding carboxylic acids is 1. The van der Waals surface area contributed by atoms with E-state index in [4.69, 9.17) is 5.11 Å². The van der Waals surface area contributed by atoms with Gasteiger partial charge < -0.3 is 10.0 Å². The van der Waals surface area contributed by atoms with Crippen LogP contribution < -0.4 is 0 Å². The van der Waals surface area contributed by atoms with Gasteiger partial charge in [0.2, 0.25) is 0 Å². The molecule has 0 spiro atoms. The van der Waals surface area contributed by atoms with Crippen LogP contribution in [0, 0.1) is 0 Å². The Kier molecular flexibility index (Phi) is 4.51. The molecule has 1 aliphatic carbocycles. The van der Waals surface area contributed by atoms with Crippen molar-refractivity contribution in [1.82, 2.24) is 4.90 Å². The monoisotopic (exact) mass is 355 g/mol. The number of hydrogen-bond donors (Lipinski definition) is 1. The minimum atomic E-state index is -5.08. The van der Waals surface area contributed by atoms with Crippen LogP contribution >= 0.6 is 0 Å². The first-order valence-electron chi connectivity index (χ1n) is 6.72. The summed E-state index contributed by atoms with van der Waals surface area (Å²) in [5.41, 5.74) is -4.08. The van der Waals surface area contributed by atoms with Crippen LogP contribution in [0.1, 0.15) is 34.3 Å². The molecule has 0 unspecified atom stereocenters. The summed E-state index contributed by atoms with van der Waals surface area (Å²) < 4.78 is 76.8. The van der Waals surface area contributed by atoms with E-state index in [1.54, 1.807) is 0 Å². The van der Waals surface area contributed by atoms with Crippen LogP contribution in [-0.4, -0.2) is 34.5 Å². The summed E-state index contributed by atoms with van der Waals surface area (Å²) in [4.78, 5) is 23.8. The fourth-order valence-corrected chi connectivity index (χ4v) is 2.14. The summed E-state index contributed by atoms with van der Waals surface area (Å²) in [7, 11) is 0. The van der Waals surface area contributed by atoms with Gasteiger partial charge in [-0.1, -0.05) is 0 Å². The van der Waals surface area contributed by atoms with Gasteiger partial charge in [0.15, 0.2) is 0 Å². The molecule has 0 radical (unpaired) electrons. The van der Waals surface area contributed by atoms with Gasteiger partial charge in [-0.2, -0.15) is 26.3 Å². The lowest BCUT2D eigenvalue weighted by Crippen LogP contribution is -2.37. The van der Waals surface area contributed by atoms with Gasteiger partial charge in [0, 0.05) is 11.6 Å². The maximum absolute atomic E-state index is 12.8. The van der Waals surface area contributed by atoms with E-state index in [-0.39, 0.29) is 6.07 Å². The Balaban J connectivity index is 2.47. The molecule has 0 heterocycles. The molecular weight excluding hydrogens is 344 g/mol. The number of halogens is 6. The fourth-order valence-electron chi connectivity index (χ4n) is 2.14. The van der Waals surface area contributed by atoms with Crippen molar-refractivity contribution in [2.24, 2.45) is 0 Å². The quantitative estimate of drug-likeness (QED) is 0.842. The zero-order chi connectivity index (χ0) is 18.3. The van der Waals surface area contributed by atoms with Gasteiger partial charge in [0.25, 0.3) is 5.91 Å². The highest BCUT2D eigenvalue weighted by molar-refractivity contribution is 5.96. The number of carboxylic acids is 1. The molecular formula is C14H11F6NO3. The molecule has 132 valence electrons. The van der Waals surface area contributed by atoms with E-state index in [1.807, 2.05) is 0 Å². The predicted molar refractivity (Wildman–Crippen MR) is 68.1 cm³/mol. The molecule has 1 saturated carbocycles. The number of benzene rings is 1. The Morgan fingerprint density at radius 2 is 1.46 bits per heavy atom. The molecule has 4 nitrogen and oxygen atoms in total. The van der Waals surface area contributed by atoms with Crippen molar-refractivity contribution in [1.29, 1.82) is 0 Å². The van der Waals surface area contributed by atoms with Gasteiger partial charge in [-0.15, -0.1) is 0 Å². The lowest BCUT2D eigenvalue weighted by atomic mass is 10.0. The Bertz CT molecular complexity index is 631. The molecule has 1 N–H and O–H groups in total. The maximum atomic E-state index is 12.8. The number of carbonyl (C=O) groups is 2. The molecule has 1 aromatic carbocycles. The van der Waals surface area contributed by atoms with Gasteiger partial charge in [0.05, 0.1) is 11.1 Å². The summed E-state index contributed by atoms with van der Waals surface area (Å²) >= 11 is 0. The Labute approximate surface area is 131 Å². The van der Waals surface area contributed by atoms with Crippen molar-refractivity contribution < 1.29 is 41.0 Å². The summed E-state index contributed by atoms with van der Waals surface area (Å²) in [6.07, 6.45) is -9.25. The first kappa shape index (κ1) is 18.1. The Hall–Kier alpha value is -2.26. The SMILES string of the molecule is O=C(O)CN(C(=O)c1cc(C(F)(F)F)cc(C(F)(F)F)c1)C1CC1. The third kappa shape index (κ3) is 4.18. The predicted octanol–water partition coefficient (Wildman–Crippen LogP) is 3.41. The zero-order valence-electron chi connectivity index (χ0n) is 11.9. The Morgan fingerprint density at radius 1 is 1.00 bits per heavy atom. The minimum absolute atomic E-state index is 0.0879. The van der Waals surface area contributed by atoms with E-state index in [0.29, 0.717) is 25.0 Å². The van der Waals surface area contributed by atoms with Gasteiger partial charge >= 0.3 is 18.3 Å². The number of hydrogen-bond acceptors (Lipinski definition) is 2. The first-order chi connectivity index (χ1) is 10.9. The lowest BCUT2D eigenvalue weighted by Gasteiger charge is -2.21. The van der Waals surface area contributed by atoms with Crippen molar-refractivity contribution in [3.63, 3.8) is 0 Å². The van der Waals surface area contributed by atoms with Crippen LogP contribution in [0.4, 0.5) is 26.3 Å². The molecule has 1 fully saturated rings. The van der Waals surface area contributed by atoms with Crippen molar-refractivity contribution in [2.45, 2.75) is 31.2 Å². The van der Waals surface area contributed by atoms with Crippen molar-refractivity contribution >= 4 is 11.9 Å². The highest BCUT2D eigenvalue weighted by atomic mass is 19.4. The van der Waals surface area contributed by atoms with E-state index in [9.17, 15) is 35.9 Å². The zero-order valence-corrected chi connectivity index (χ0v) is 11.9. The van der Waals surface area contributed by atoms with Crippen molar-refractivity contribution in [3.05, 3.63) is 34.9 Å². The topological polar surface area (TPSA) is 57.6 Å². The maximum Gasteiger partial charge on any atom is 0.416 e. The van der Waals surface area contributed by atoms with Gasteiger partial charge in [0.1, 0.15) is 6.54 Å². The molecule has 24 heavy (non-hydrogen) atoms. The van der Waals surface area contributed by atoms with E-state index in [0.717, 1.165) is 4.90 Å². The van der Waals surface area contributed by atoms with Gasteiger partial charge in [-0.25, -0.2) is 0 Å². The fraction of sp³-hybridized carbons (Fsp3) is 0.429. The molecule has 1 amide bonds. The second-order valence-corrected chi connectivity index (χ2v) is 5.35. The summed E-state index contributed by atoms with van der Waals surface area (Å²) in [5, 5.41) is 8.77. The van der Waals surface area contributed by atoms with E-state index < -0.39 is 53.5 Å². The molecule has 0 bridgehead atoms. The van der Waals surface area contributed by atoms with Crippen molar-refractivity contribution in [3.8, 4) is 0 Å². The number of rotatable bonds is 4. The van der Waals surface area contributed by atoms with Crippen LogP contribution in [0.5, 0.6) is 0 Å². The van der Waals surface area contributed by atoms with Crippen LogP contribution in [0.25, 0.3) is 0 Å². The Morgan fingerprint density at radius 3 is 1.79 bits per heavy atom. The highest BCUT2D eigenvalue weighted by Crippen LogP contribution is 2.37. The minimum Gasteiger partial charge on any atom is -0.480 e. The summed E-state index contributed by atoms with van der Waals surface area (Å²) in [5.74, 6) is -2.57. The summed E-state index contributed by atoms with van der Waals surface area (Å²) in [6, 6.07) is 0.0245.